The predicted molar refractivity (Wildman–Crippen MR) is 114 cm³/mol. The van der Waals surface area contributed by atoms with Crippen LogP contribution < -0.4 is 20.1 Å². The van der Waals surface area contributed by atoms with Crippen LogP contribution in [-0.2, 0) is 14.4 Å². The van der Waals surface area contributed by atoms with E-state index in [1.165, 1.54) is 25.1 Å². The van der Waals surface area contributed by atoms with Crippen LogP contribution in [-0.4, -0.2) is 29.0 Å². The molecule has 1 fully saturated rings. The smallest absolute Gasteiger partial charge is 0.270 e. The number of benzene rings is 2. The molecule has 2 aromatic rings. The van der Waals surface area contributed by atoms with Crippen molar-refractivity contribution in [2.75, 3.05) is 4.90 Å². The molecule has 7 nitrogen and oxygen atoms in total. The zero-order chi connectivity index (χ0) is 22.0. The Morgan fingerprint density at radius 1 is 1.20 bits per heavy atom. The number of carbonyl (C=O) groups excluding carboxylic acids is 3. The Bertz CT molecular complexity index is 1090. The number of hydrogen-bond donors (Lipinski definition) is 1. The summed E-state index contributed by atoms with van der Waals surface area (Å²) in [7, 11) is 0. The Kier molecular flexibility index (Phi) is 6.40. The van der Waals surface area contributed by atoms with Crippen molar-refractivity contribution in [2.24, 2.45) is 0 Å². The van der Waals surface area contributed by atoms with Crippen molar-refractivity contribution in [1.82, 2.24) is 5.32 Å². The predicted octanol–water partition coefficient (Wildman–Crippen LogP) is 2.34. The lowest BCUT2D eigenvalue weighted by molar-refractivity contribution is -0.312. The van der Waals surface area contributed by atoms with Gasteiger partial charge in [0.15, 0.2) is 5.11 Å². The molecule has 3 rings (SSSR count). The van der Waals surface area contributed by atoms with Crippen molar-refractivity contribution in [3.05, 3.63) is 63.6 Å². The number of anilines is 1. The van der Waals surface area contributed by atoms with Crippen LogP contribution >= 0.6 is 35.4 Å². The Balaban J connectivity index is 1.91. The molecule has 0 aliphatic carbocycles. The fourth-order valence-electron chi connectivity index (χ4n) is 2.60. The summed E-state index contributed by atoms with van der Waals surface area (Å²) in [5.41, 5.74) is 0.577. The molecule has 154 valence electrons. The highest BCUT2D eigenvalue weighted by Crippen LogP contribution is 2.34. The number of carbonyl (C=O) groups is 3. The molecular weight excluding hydrogens is 451 g/mol. The maximum absolute atomic E-state index is 13.0. The second kappa shape index (κ2) is 8.83. The average molecular weight is 464 g/mol. The van der Waals surface area contributed by atoms with Crippen LogP contribution in [0, 0.1) is 0 Å². The summed E-state index contributed by atoms with van der Waals surface area (Å²) in [4.78, 5) is 37.2. The van der Waals surface area contributed by atoms with Crippen LogP contribution in [0.3, 0.4) is 0 Å². The molecule has 1 saturated heterocycles. The van der Waals surface area contributed by atoms with Crippen LogP contribution in [0.15, 0.2) is 48.0 Å². The number of nitrogens with zero attached hydrogens (tertiary/aromatic N) is 1. The lowest BCUT2D eigenvalue weighted by atomic mass is 10.1. The second-order valence-electron chi connectivity index (χ2n) is 6.18. The molecule has 10 heteroatoms. The highest BCUT2D eigenvalue weighted by molar-refractivity contribution is 7.80. The van der Waals surface area contributed by atoms with Gasteiger partial charge in [0.2, 0.25) is 0 Å². The average Bonchev–Trinajstić information content (AvgIpc) is 2.69. The summed E-state index contributed by atoms with van der Waals surface area (Å²) in [6, 6.07) is 10.9. The number of thiocarbonyl (C=S) groups is 1. The summed E-state index contributed by atoms with van der Waals surface area (Å²) in [6.07, 6.45) is 0.244. The van der Waals surface area contributed by atoms with Crippen LogP contribution in [0.5, 0.6) is 5.75 Å². The molecule has 1 N–H and O–H groups in total. The first-order chi connectivity index (χ1) is 14.2. The Labute approximate surface area is 186 Å². The number of ether oxygens (including phenoxy) is 1. The van der Waals surface area contributed by atoms with Crippen molar-refractivity contribution >= 4 is 70.1 Å². The number of aliphatic carboxylic acids is 1. The van der Waals surface area contributed by atoms with Crippen LogP contribution in [0.25, 0.3) is 6.08 Å². The van der Waals surface area contributed by atoms with Crippen molar-refractivity contribution in [1.29, 1.82) is 0 Å². The number of amides is 2. The molecule has 0 saturated carbocycles. The minimum absolute atomic E-state index is 0.119. The SMILES string of the molecule is C[C@@H](Oc1ccc(/C=C2\C(=O)NC(=S)N(c3cccc(Cl)c3Cl)C2=O)cc1)C(=O)[O-]. The third-order valence-corrected chi connectivity index (χ3v) is 5.20. The molecule has 0 unspecified atom stereocenters. The highest BCUT2D eigenvalue weighted by Gasteiger charge is 2.35. The molecule has 1 aliphatic rings. The van der Waals surface area contributed by atoms with Gasteiger partial charge in [-0.25, -0.2) is 0 Å². The summed E-state index contributed by atoms with van der Waals surface area (Å²) in [5.74, 6) is -2.38. The van der Waals surface area contributed by atoms with Gasteiger partial charge in [-0.3, -0.25) is 19.8 Å². The molecule has 1 heterocycles. The van der Waals surface area contributed by atoms with Crippen molar-refractivity contribution < 1.29 is 24.2 Å². The third-order valence-electron chi connectivity index (χ3n) is 4.11. The van der Waals surface area contributed by atoms with Gasteiger partial charge in [-0.1, -0.05) is 41.4 Å². The normalized spacial score (nSPS) is 16.4. The van der Waals surface area contributed by atoms with Crippen LogP contribution in [0.2, 0.25) is 10.0 Å². The number of hydrogen-bond acceptors (Lipinski definition) is 6. The van der Waals surface area contributed by atoms with E-state index in [2.05, 4.69) is 5.32 Å². The Morgan fingerprint density at radius 3 is 2.50 bits per heavy atom. The van der Waals surface area contributed by atoms with E-state index in [0.29, 0.717) is 11.3 Å². The zero-order valence-electron chi connectivity index (χ0n) is 15.3. The minimum Gasteiger partial charge on any atom is -0.546 e. The molecule has 0 aromatic heterocycles. The number of carboxylic acids is 1. The highest BCUT2D eigenvalue weighted by atomic mass is 35.5. The number of rotatable bonds is 5. The molecule has 2 aromatic carbocycles. The molecule has 30 heavy (non-hydrogen) atoms. The molecule has 2 amide bonds. The Morgan fingerprint density at radius 2 is 1.87 bits per heavy atom. The first-order valence-corrected chi connectivity index (χ1v) is 9.68. The maximum Gasteiger partial charge on any atom is 0.270 e. The van der Waals surface area contributed by atoms with E-state index >= 15 is 0 Å². The monoisotopic (exact) mass is 463 g/mol. The van der Waals surface area contributed by atoms with Crippen molar-refractivity contribution in [3.8, 4) is 5.75 Å². The second-order valence-corrected chi connectivity index (χ2v) is 7.35. The van der Waals surface area contributed by atoms with Crippen molar-refractivity contribution in [2.45, 2.75) is 13.0 Å². The summed E-state index contributed by atoms with van der Waals surface area (Å²) in [6.45, 7) is 1.34. The van der Waals surface area contributed by atoms with Gasteiger partial charge in [-0.2, -0.15) is 0 Å². The molecule has 0 bridgehead atoms. The molecule has 1 atom stereocenters. The molecular formula is C20H13Cl2N2O5S-. The third kappa shape index (κ3) is 4.46. The van der Waals surface area contributed by atoms with E-state index in [1.807, 2.05) is 0 Å². The summed E-state index contributed by atoms with van der Waals surface area (Å²) < 4.78 is 5.19. The summed E-state index contributed by atoms with van der Waals surface area (Å²) >= 11 is 17.4. The fraction of sp³-hybridized carbons (Fsp3) is 0.100. The van der Waals surface area contributed by atoms with E-state index in [0.717, 1.165) is 4.90 Å². The topological polar surface area (TPSA) is 98.8 Å². The van der Waals surface area contributed by atoms with Crippen molar-refractivity contribution in [3.63, 3.8) is 0 Å². The number of halogens is 2. The van der Waals surface area contributed by atoms with Gasteiger partial charge in [-0.05, 0) is 55.0 Å². The standard InChI is InChI=1S/C20H14Cl2N2O5S/c1-10(19(27)28)29-12-7-5-11(6-8-12)9-13-17(25)23-20(30)24(18(13)26)15-4-2-3-14(21)16(15)22/h2-10H,1H3,(H,27,28)(H,23,25,30)/p-1/b13-9+/t10-/m1/s1. The van der Waals surface area contributed by atoms with E-state index in [-0.39, 0.29) is 26.4 Å². The van der Waals surface area contributed by atoms with Gasteiger partial charge >= 0.3 is 0 Å². The first-order valence-electron chi connectivity index (χ1n) is 8.52. The number of nitrogens with one attached hydrogen (secondary N) is 1. The molecule has 0 spiro atoms. The van der Waals surface area contributed by atoms with E-state index in [4.69, 9.17) is 40.2 Å². The quantitative estimate of drug-likeness (QED) is 0.415. The van der Waals surface area contributed by atoms with Crippen LogP contribution in [0.1, 0.15) is 12.5 Å². The lowest BCUT2D eigenvalue weighted by Gasteiger charge is -2.29. The van der Waals surface area contributed by atoms with Gasteiger partial charge in [0, 0.05) is 0 Å². The van der Waals surface area contributed by atoms with Gasteiger partial charge in [0.05, 0.1) is 21.7 Å². The minimum atomic E-state index is -1.35. The fourth-order valence-corrected chi connectivity index (χ4v) is 3.26. The lowest BCUT2D eigenvalue weighted by Crippen LogP contribution is -2.54. The number of carboxylic acid groups (broad SMARTS) is 1. The van der Waals surface area contributed by atoms with Gasteiger partial charge in [-0.15, -0.1) is 0 Å². The van der Waals surface area contributed by atoms with Gasteiger partial charge < -0.3 is 14.6 Å². The zero-order valence-corrected chi connectivity index (χ0v) is 17.7. The molecule has 0 radical (unpaired) electrons. The van der Waals surface area contributed by atoms with E-state index in [9.17, 15) is 19.5 Å². The summed E-state index contributed by atoms with van der Waals surface area (Å²) in [5, 5.41) is 13.5. The largest absolute Gasteiger partial charge is 0.546 e. The van der Waals surface area contributed by atoms with Gasteiger partial charge in [0.25, 0.3) is 11.8 Å². The van der Waals surface area contributed by atoms with Gasteiger partial charge in [0.1, 0.15) is 17.4 Å². The first kappa shape index (κ1) is 21.8. The van der Waals surface area contributed by atoms with E-state index in [1.54, 1.807) is 30.3 Å². The molecule has 1 aliphatic heterocycles. The Hall–Kier alpha value is -2.94. The van der Waals surface area contributed by atoms with E-state index < -0.39 is 23.9 Å². The maximum atomic E-state index is 13.0. The van der Waals surface area contributed by atoms with Crippen LogP contribution in [0.4, 0.5) is 5.69 Å².